The number of nitrogens with zero attached hydrogens (tertiary/aromatic N) is 4. The van der Waals surface area contributed by atoms with E-state index in [0.717, 1.165) is 5.56 Å². The van der Waals surface area contributed by atoms with Gasteiger partial charge < -0.3 is 4.90 Å². The fraction of sp³-hybridized carbons (Fsp3) is 0.231. The fourth-order valence-corrected chi connectivity index (χ4v) is 6.63. The number of primary sulfonamides is 1. The van der Waals surface area contributed by atoms with Crippen LogP contribution in [0.2, 0.25) is 5.02 Å². The normalized spacial score (nSPS) is 20.4. The molecule has 0 bridgehead atoms. The summed E-state index contributed by atoms with van der Waals surface area (Å²) in [6.45, 7) is 0.397. The van der Waals surface area contributed by atoms with Crippen molar-refractivity contribution < 1.29 is 21.2 Å². The van der Waals surface area contributed by atoms with Gasteiger partial charge in [0.1, 0.15) is 5.82 Å². The van der Waals surface area contributed by atoms with Gasteiger partial charge in [-0.2, -0.15) is 13.5 Å². The maximum absolute atomic E-state index is 13.7. The van der Waals surface area contributed by atoms with Crippen LogP contribution in [-0.2, 0) is 20.0 Å². The number of guanidine groups is 1. The quantitative estimate of drug-likeness (QED) is 0.359. The van der Waals surface area contributed by atoms with Crippen LogP contribution in [0.4, 0.5) is 4.39 Å². The second-order valence-electron chi connectivity index (χ2n) is 9.30. The van der Waals surface area contributed by atoms with Crippen molar-refractivity contribution >= 4 is 43.3 Å². The molecule has 0 unspecified atom stereocenters. The molecule has 2 N–H and O–H groups in total. The molecule has 2 aliphatic heterocycles. The Kier molecular flexibility index (Phi) is 7.47. The van der Waals surface area contributed by atoms with Gasteiger partial charge in [0.25, 0.3) is 10.0 Å². The summed E-state index contributed by atoms with van der Waals surface area (Å²) in [5, 5.41) is 11.1. The average molecular weight is 590 g/mol. The van der Waals surface area contributed by atoms with Gasteiger partial charge in [-0.25, -0.2) is 23.0 Å². The van der Waals surface area contributed by atoms with Crippen molar-refractivity contribution in [3.05, 3.63) is 101 Å². The van der Waals surface area contributed by atoms with Crippen LogP contribution in [0, 0.1) is 5.82 Å². The van der Waals surface area contributed by atoms with Crippen LogP contribution in [0.15, 0.2) is 93.3 Å². The number of likely N-dealkylation sites (tertiary alicyclic amines) is 1. The molecule has 2 atom stereocenters. The highest BCUT2D eigenvalue weighted by Gasteiger charge is 2.39. The third-order valence-electron chi connectivity index (χ3n) is 6.69. The lowest BCUT2D eigenvalue weighted by Gasteiger charge is -2.26. The Morgan fingerprint density at radius 3 is 2.23 bits per heavy atom. The molecule has 1 fully saturated rings. The van der Waals surface area contributed by atoms with Crippen molar-refractivity contribution in [3.8, 4) is 0 Å². The van der Waals surface area contributed by atoms with Gasteiger partial charge in [-0.3, -0.25) is 0 Å². The van der Waals surface area contributed by atoms with E-state index in [9.17, 15) is 21.2 Å². The van der Waals surface area contributed by atoms with Gasteiger partial charge in [-0.1, -0.05) is 54.1 Å². The zero-order chi connectivity index (χ0) is 27.8. The molecule has 2 heterocycles. The van der Waals surface area contributed by atoms with Gasteiger partial charge in [0.05, 0.1) is 22.4 Å². The minimum atomic E-state index is -4.23. The molecule has 0 amide bonds. The first kappa shape index (κ1) is 27.3. The molecule has 0 spiro atoms. The first-order valence-electron chi connectivity index (χ1n) is 12.1. The minimum absolute atomic E-state index is 0.0193. The lowest BCUT2D eigenvalue weighted by Crippen LogP contribution is -2.42. The van der Waals surface area contributed by atoms with Gasteiger partial charge in [0.2, 0.25) is 16.0 Å². The molecule has 13 heteroatoms. The van der Waals surface area contributed by atoms with Crippen LogP contribution in [-0.4, -0.2) is 63.3 Å². The Hall–Kier alpha value is -3.32. The summed E-state index contributed by atoms with van der Waals surface area (Å²) in [6.07, 6.45) is 0.212. The predicted octanol–water partition coefficient (Wildman–Crippen LogP) is 3.39. The second kappa shape index (κ2) is 10.7. The maximum atomic E-state index is 13.7. The monoisotopic (exact) mass is 589 g/mol. The summed E-state index contributed by atoms with van der Waals surface area (Å²) < 4.78 is 68.7. The summed E-state index contributed by atoms with van der Waals surface area (Å²) >= 11 is 5.93. The lowest BCUT2D eigenvalue weighted by atomic mass is 9.91. The van der Waals surface area contributed by atoms with Crippen molar-refractivity contribution in [2.75, 3.05) is 19.6 Å². The highest BCUT2D eigenvalue weighted by Crippen LogP contribution is 2.31. The largest absolute Gasteiger partial charge is 0.339 e. The van der Waals surface area contributed by atoms with Crippen molar-refractivity contribution in [1.82, 2.24) is 9.91 Å². The van der Waals surface area contributed by atoms with Crippen molar-refractivity contribution in [2.45, 2.75) is 22.5 Å². The molecular formula is C26H25ClFN5O4S2. The summed E-state index contributed by atoms with van der Waals surface area (Å²) in [7, 11) is -8.08. The van der Waals surface area contributed by atoms with Crippen LogP contribution < -0.4 is 5.14 Å². The summed E-state index contributed by atoms with van der Waals surface area (Å²) in [5.41, 5.74) is 2.18. The van der Waals surface area contributed by atoms with Crippen LogP contribution in [0.5, 0.6) is 0 Å². The minimum Gasteiger partial charge on any atom is -0.339 e. The first-order chi connectivity index (χ1) is 18.5. The van der Waals surface area contributed by atoms with Crippen LogP contribution in [0.25, 0.3) is 0 Å². The zero-order valence-corrected chi connectivity index (χ0v) is 22.9. The fourth-order valence-electron chi connectivity index (χ4n) is 4.67. The topological polar surface area (TPSA) is 126 Å². The molecule has 0 saturated carbocycles. The number of nitrogens with two attached hydrogens (primary N) is 1. The summed E-state index contributed by atoms with van der Waals surface area (Å²) in [4.78, 5) is 1.50. The molecule has 39 heavy (non-hydrogen) atoms. The molecule has 204 valence electrons. The summed E-state index contributed by atoms with van der Waals surface area (Å²) in [6, 6.07) is 21.0. The van der Waals surface area contributed by atoms with E-state index in [-0.39, 0.29) is 42.8 Å². The number of hydrogen-bond acceptors (Lipinski definition) is 5. The number of rotatable bonds is 5. The van der Waals surface area contributed by atoms with E-state index in [1.165, 1.54) is 41.4 Å². The molecule has 3 aromatic rings. The highest BCUT2D eigenvalue weighted by atomic mass is 35.5. The molecule has 1 saturated heterocycles. The smallest absolute Gasteiger partial charge is 0.285 e. The molecule has 2 aliphatic rings. The van der Waals surface area contributed by atoms with Gasteiger partial charge >= 0.3 is 0 Å². The Labute approximate surface area is 231 Å². The molecular weight excluding hydrogens is 565 g/mol. The Morgan fingerprint density at radius 1 is 0.949 bits per heavy atom. The highest BCUT2D eigenvalue weighted by molar-refractivity contribution is 7.90. The average Bonchev–Trinajstić information content (AvgIpc) is 3.57. The van der Waals surface area contributed by atoms with Crippen LogP contribution in [0.3, 0.4) is 0 Å². The Balaban J connectivity index is 1.60. The van der Waals surface area contributed by atoms with E-state index in [1.807, 2.05) is 30.3 Å². The van der Waals surface area contributed by atoms with Crippen molar-refractivity contribution in [3.63, 3.8) is 0 Å². The lowest BCUT2D eigenvalue weighted by molar-refractivity contribution is 0.376. The van der Waals surface area contributed by atoms with Gasteiger partial charge in [0, 0.05) is 24.0 Å². The number of hydrazone groups is 1. The third kappa shape index (κ3) is 5.98. The van der Waals surface area contributed by atoms with Gasteiger partial charge in [0.15, 0.2) is 0 Å². The van der Waals surface area contributed by atoms with Crippen molar-refractivity contribution in [2.24, 2.45) is 14.6 Å². The van der Waals surface area contributed by atoms with E-state index < -0.39 is 31.1 Å². The van der Waals surface area contributed by atoms with Gasteiger partial charge in [-0.05, 0) is 53.9 Å². The number of hydrogen-bond donors (Lipinski definition) is 1. The standard InChI is InChI=1S/C26H25ClFN5O4S2/c27-20-8-12-22(13-9-20)39(36,37)31-26(32-15-14-23(16-32)38(29,34)35)33-17-24(18-4-2-1-3-5-18)25(30-33)19-6-10-21(28)11-7-19/h1-13,23-24H,14-17H2,(H2,29,34,35)/t23-,24-/m0/s1. The number of sulfonamides is 2. The van der Waals surface area contributed by atoms with E-state index in [2.05, 4.69) is 4.40 Å². The van der Waals surface area contributed by atoms with Crippen LogP contribution in [0.1, 0.15) is 23.5 Å². The van der Waals surface area contributed by atoms with E-state index in [1.54, 1.807) is 17.0 Å². The SMILES string of the molecule is NS(=O)(=O)[C@H]1CCN(C(=NS(=O)(=O)c2ccc(Cl)cc2)N2C[C@@H](c3ccccc3)C(c3ccc(F)cc3)=N2)C1. The second-order valence-corrected chi connectivity index (χ2v) is 13.2. The maximum Gasteiger partial charge on any atom is 0.285 e. The predicted molar refractivity (Wildman–Crippen MR) is 148 cm³/mol. The molecule has 0 radical (unpaired) electrons. The molecule has 5 rings (SSSR count). The van der Waals surface area contributed by atoms with E-state index in [4.69, 9.17) is 21.8 Å². The van der Waals surface area contributed by atoms with E-state index in [0.29, 0.717) is 16.3 Å². The Bertz CT molecular complexity index is 1630. The number of halogens is 2. The van der Waals surface area contributed by atoms with Gasteiger partial charge in [-0.15, -0.1) is 4.40 Å². The van der Waals surface area contributed by atoms with E-state index >= 15 is 0 Å². The molecule has 0 aromatic heterocycles. The van der Waals surface area contributed by atoms with Crippen LogP contribution >= 0.6 is 11.6 Å². The molecule has 3 aromatic carbocycles. The first-order valence-corrected chi connectivity index (χ1v) is 15.5. The molecule has 9 nitrogen and oxygen atoms in total. The molecule has 0 aliphatic carbocycles. The Morgan fingerprint density at radius 2 is 1.62 bits per heavy atom. The summed E-state index contributed by atoms with van der Waals surface area (Å²) in [5.74, 6) is -0.709. The third-order valence-corrected chi connectivity index (χ3v) is 9.53. The van der Waals surface area contributed by atoms with Crippen molar-refractivity contribution in [1.29, 1.82) is 0 Å². The number of benzene rings is 3. The zero-order valence-electron chi connectivity index (χ0n) is 20.6.